The summed E-state index contributed by atoms with van der Waals surface area (Å²) in [5.74, 6) is 0. The Kier molecular flexibility index (Phi) is 5.54. The molecule has 2 atom stereocenters. The highest BCUT2D eigenvalue weighted by Crippen LogP contribution is 2.24. The van der Waals surface area contributed by atoms with Crippen LogP contribution in [0.1, 0.15) is 33.1 Å². The summed E-state index contributed by atoms with van der Waals surface area (Å²) in [6.45, 7) is 4.70. The molecule has 2 unspecified atom stereocenters. The molecular formula is C11H24N2O4S. The maximum atomic E-state index is 11.9. The molecule has 0 aromatic rings. The molecule has 1 aliphatic rings. The predicted octanol–water partition coefficient (Wildman–Crippen LogP) is 0.0926. The van der Waals surface area contributed by atoms with Gasteiger partial charge in [0.05, 0.1) is 6.10 Å². The fourth-order valence-electron chi connectivity index (χ4n) is 1.83. The Balaban J connectivity index is 2.51. The summed E-state index contributed by atoms with van der Waals surface area (Å²) in [6.07, 6.45) is 1.87. The van der Waals surface area contributed by atoms with Gasteiger partial charge in [-0.25, -0.2) is 0 Å². The molecule has 1 fully saturated rings. The van der Waals surface area contributed by atoms with E-state index in [0.29, 0.717) is 19.6 Å². The molecule has 6 nitrogen and oxygen atoms in total. The van der Waals surface area contributed by atoms with E-state index in [1.807, 2.05) is 6.92 Å². The maximum absolute atomic E-state index is 11.9. The second-order valence-corrected chi connectivity index (χ2v) is 6.73. The molecule has 0 spiro atoms. The molecule has 1 saturated heterocycles. The Labute approximate surface area is 109 Å². The van der Waals surface area contributed by atoms with Crippen LogP contribution in [-0.2, 0) is 14.9 Å². The van der Waals surface area contributed by atoms with Crippen molar-refractivity contribution < 1.29 is 18.3 Å². The van der Waals surface area contributed by atoms with Crippen molar-refractivity contribution in [3.63, 3.8) is 0 Å². The summed E-state index contributed by atoms with van der Waals surface area (Å²) < 4.78 is 32.8. The predicted molar refractivity (Wildman–Crippen MR) is 69.4 cm³/mol. The first-order chi connectivity index (χ1) is 8.32. The molecule has 108 valence electrons. The van der Waals surface area contributed by atoms with Crippen LogP contribution in [0, 0.1) is 0 Å². The van der Waals surface area contributed by atoms with Crippen LogP contribution in [0.15, 0.2) is 0 Å². The van der Waals surface area contributed by atoms with Crippen LogP contribution in [0.25, 0.3) is 0 Å². The highest BCUT2D eigenvalue weighted by molar-refractivity contribution is 7.87. The summed E-state index contributed by atoms with van der Waals surface area (Å²) in [5, 5.41) is 10.2. The van der Waals surface area contributed by atoms with E-state index in [-0.39, 0.29) is 12.6 Å². The number of hydrogen-bond acceptors (Lipinski definition) is 4. The Morgan fingerprint density at radius 3 is 2.72 bits per heavy atom. The zero-order chi connectivity index (χ0) is 13.8. The second-order valence-electron chi connectivity index (χ2n) is 4.87. The number of hydrogen-bond donors (Lipinski definition) is 2. The second kappa shape index (κ2) is 6.29. The van der Waals surface area contributed by atoms with Crippen LogP contribution >= 0.6 is 0 Å². The first-order valence-corrected chi connectivity index (χ1v) is 7.81. The van der Waals surface area contributed by atoms with Crippen LogP contribution in [-0.4, -0.2) is 56.3 Å². The molecule has 18 heavy (non-hydrogen) atoms. The molecule has 1 aliphatic heterocycles. The van der Waals surface area contributed by atoms with Gasteiger partial charge in [0.25, 0.3) is 10.2 Å². The van der Waals surface area contributed by atoms with Crippen LogP contribution in [0.2, 0.25) is 0 Å². The van der Waals surface area contributed by atoms with Crippen molar-refractivity contribution in [1.82, 2.24) is 9.03 Å². The maximum Gasteiger partial charge on any atom is 0.279 e. The lowest BCUT2D eigenvalue weighted by Gasteiger charge is -2.27. The van der Waals surface area contributed by atoms with E-state index < -0.39 is 15.8 Å². The Hall–Kier alpha value is -0.210. The lowest BCUT2D eigenvalue weighted by atomic mass is 9.97. The zero-order valence-electron chi connectivity index (χ0n) is 11.3. The van der Waals surface area contributed by atoms with Crippen molar-refractivity contribution in [3.05, 3.63) is 0 Å². The fraction of sp³-hybridized carbons (Fsp3) is 1.00. The Bertz CT molecular complexity index is 360. The van der Waals surface area contributed by atoms with Gasteiger partial charge in [-0.1, -0.05) is 13.3 Å². The minimum atomic E-state index is -3.51. The Morgan fingerprint density at radius 2 is 2.22 bits per heavy atom. The minimum absolute atomic E-state index is 0.00698. The first-order valence-electron chi connectivity index (χ1n) is 6.37. The molecule has 0 aliphatic carbocycles. The van der Waals surface area contributed by atoms with Crippen molar-refractivity contribution in [2.24, 2.45) is 0 Å². The summed E-state index contributed by atoms with van der Waals surface area (Å²) in [5.41, 5.74) is -1.10. The lowest BCUT2D eigenvalue weighted by molar-refractivity contribution is -0.0230. The molecule has 0 aromatic carbocycles. The van der Waals surface area contributed by atoms with E-state index in [0.717, 1.165) is 12.8 Å². The van der Waals surface area contributed by atoms with Crippen LogP contribution in [0.4, 0.5) is 0 Å². The number of aliphatic hydroxyl groups is 1. The van der Waals surface area contributed by atoms with Gasteiger partial charge in [0.1, 0.15) is 5.60 Å². The van der Waals surface area contributed by atoms with E-state index in [1.54, 1.807) is 6.92 Å². The number of rotatable bonds is 7. The third kappa shape index (κ3) is 3.89. The molecule has 0 aromatic heterocycles. The average molecular weight is 280 g/mol. The van der Waals surface area contributed by atoms with Gasteiger partial charge >= 0.3 is 0 Å². The van der Waals surface area contributed by atoms with Gasteiger partial charge in [0.15, 0.2) is 0 Å². The quantitative estimate of drug-likeness (QED) is 0.693. The smallest absolute Gasteiger partial charge is 0.279 e. The third-order valence-electron chi connectivity index (χ3n) is 3.46. The number of nitrogens with one attached hydrogen (secondary N) is 1. The minimum Gasteiger partial charge on any atom is -0.386 e. The summed E-state index contributed by atoms with van der Waals surface area (Å²) >= 11 is 0. The lowest BCUT2D eigenvalue weighted by Crippen LogP contribution is -2.50. The van der Waals surface area contributed by atoms with Gasteiger partial charge < -0.3 is 9.84 Å². The third-order valence-corrected chi connectivity index (χ3v) is 4.97. The molecule has 0 bridgehead atoms. The number of nitrogens with zero attached hydrogens (tertiary/aromatic N) is 1. The molecule has 2 N–H and O–H groups in total. The van der Waals surface area contributed by atoms with E-state index >= 15 is 0 Å². The van der Waals surface area contributed by atoms with Crippen LogP contribution in [0.5, 0.6) is 0 Å². The van der Waals surface area contributed by atoms with Crippen molar-refractivity contribution in [2.75, 3.05) is 26.7 Å². The van der Waals surface area contributed by atoms with Crippen LogP contribution < -0.4 is 4.72 Å². The van der Waals surface area contributed by atoms with E-state index in [2.05, 4.69) is 4.72 Å². The SMILES string of the molecule is CCCCN(C)S(=O)(=O)NCC1(O)CCOC1C. The fourth-order valence-corrected chi connectivity index (χ4v) is 2.85. The van der Waals surface area contributed by atoms with Crippen molar-refractivity contribution in [3.8, 4) is 0 Å². The number of ether oxygens (including phenoxy) is 1. The number of unbranched alkanes of at least 4 members (excludes halogenated alkanes) is 1. The van der Waals surface area contributed by atoms with Crippen molar-refractivity contribution in [1.29, 1.82) is 0 Å². The summed E-state index contributed by atoms with van der Waals surface area (Å²) in [6, 6.07) is 0. The van der Waals surface area contributed by atoms with E-state index in [4.69, 9.17) is 4.74 Å². The molecule has 1 rings (SSSR count). The van der Waals surface area contributed by atoms with Crippen molar-refractivity contribution in [2.45, 2.75) is 44.8 Å². The van der Waals surface area contributed by atoms with Gasteiger partial charge in [-0.3, -0.25) is 0 Å². The molecule has 1 heterocycles. The molecular weight excluding hydrogens is 256 g/mol. The van der Waals surface area contributed by atoms with Crippen molar-refractivity contribution >= 4 is 10.2 Å². The highest BCUT2D eigenvalue weighted by Gasteiger charge is 2.40. The van der Waals surface area contributed by atoms with Gasteiger partial charge in [-0.15, -0.1) is 0 Å². The average Bonchev–Trinajstić information content (AvgIpc) is 2.65. The topological polar surface area (TPSA) is 78.9 Å². The van der Waals surface area contributed by atoms with Gasteiger partial charge in [0.2, 0.25) is 0 Å². The zero-order valence-corrected chi connectivity index (χ0v) is 12.2. The monoisotopic (exact) mass is 280 g/mol. The van der Waals surface area contributed by atoms with E-state index in [9.17, 15) is 13.5 Å². The Morgan fingerprint density at radius 1 is 1.56 bits per heavy atom. The van der Waals surface area contributed by atoms with Crippen LogP contribution in [0.3, 0.4) is 0 Å². The molecule has 7 heteroatoms. The highest BCUT2D eigenvalue weighted by atomic mass is 32.2. The molecule has 0 radical (unpaired) electrons. The van der Waals surface area contributed by atoms with Gasteiger partial charge in [0, 0.05) is 33.2 Å². The standard InChI is InChI=1S/C11H24N2O4S/c1-4-5-7-13(3)18(15,16)12-9-11(14)6-8-17-10(11)2/h10,12,14H,4-9H2,1-3H3. The van der Waals surface area contributed by atoms with Gasteiger partial charge in [-0.2, -0.15) is 17.4 Å². The normalized spacial score (nSPS) is 29.1. The first kappa shape index (κ1) is 15.8. The molecule has 0 saturated carbocycles. The van der Waals surface area contributed by atoms with E-state index in [1.165, 1.54) is 11.4 Å². The summed E-state index contributed by atoms with van der Waals surface area (Å²) in [4.78, 5) is 0. The summed E-state index contributed by atoms with van der Waals surface area (Å²) in [7, 11) is -1.98. The molecule has 0 amide bonds. The van der Waals surface area contributed by atoms with Gasteiger partial charge in [-0.05, 0) is 13.3 Å². The largest absolute Gasteiger partial charge is 0.386 e.